The van der Waals surface area contributed by atoms with Crippen LogP contribution in [0.1, 0.15) is 59.3 Å². The average Bonchev–Trinajstić information content (AvgIpc) is 2.78. The maximum Gasteiger partial charge on any atom is 0.323 e. The summed E-state index contributed by atoms with van der Waals surface area (Å²) in [5, 5.41) is 0.367. The molecular formula is C16H28ClNO2. The highest BCUT2D eigenvalue weighted by Gasteiger charge is 2.35. The predicted octanol–water partition coefficient (Wildman–Crippen LogP) is 3.59. The monoisotopic (exact) mass is 301 g/mol. The van der Waals surface area contributed by atoms with Gasteiger partial charge in [0.1, 0.15) is 11.6 Å². The van der Waals surface area contributed by atoms with Crippen molar-refractivity contribution in [2.24, 2.45) is 5.92 Å². The molecule has 1 atom stereocenters. The van der Waals surface area contributed by atoms with Crippen LogP contribution in [0.25, 0.3) is 0 Å². The Morgan fingerprint density at radius 2 is 1.85 bits per heavy atom. The lowest BCUT2D eigenvalue weighted by Crippen LogP contribution is -2.43. The zero-order chi connectivity index (χ0) is 14.8. The number of hydrogen-bond acceptors (Lipinski definition) is 3. The third kappa shape index (κ3) is 4.63. The molecule has 2 aliphatic rings. The molecule has 0 aromatic heterocycles. The molecule has 0 spiro atoms. The normalized spacial score (nSPS) is 32.3. The van der Waals surface area contributed by atoms with Gasteiger partial charge in [-0.05, 0) is 71.8 Å². The van der Waals surface area contributed by atoms with E-state index < -0.39 is 0 Å². The van der Waals surface area contributed by atoms with Gasteiger partial charge in [0, 0.05) is 11.9 Å². The maximum atomic E-state index is 12.3. The van der Waals surface area contributed by atoms with Gasteiger partial charge in [-0.25, -0.2) is 0 Å². The van der Waals surface area contributed by atoms with E-state index in [-0.39, 0.29) is 17.6 Å². The van der Waals surface area contributed by atoms with Crippen LogP contribution in [0.4, 0.5) is 0 Å². The van der Waals surface area contributed by atoms with Crippen LogP contribution < -0.4 is 0 Å². The second-order valence-corrected chi connectivity index (χ2v) is 7.92. The zero-order valence-corrected chi connectivity index (χ0v) is 13.8. The van der Waals surface area contributed by atoms with Crippen LogP contribution in [0.15, 0.2) is 0 Å². The predicted molar refractivity (Wildman–Crippen MR) is 82.0 cm³/mol. The summed E-state index contributed by atoms with van der Waals surface area (Å²) in [5.74, 6) is 0.661. The number of nitrogens with zero attached hydrogens (tertiary/aromatic N) is 1. The molecule has 4 heteroatoms. The topological polar surface area (TPSA) is 29.5 Å². The molecule has 2 rings (SSSR count). The standard InChI is InChI=1S/C16H28ClNO2/c1-16(2,3)20-15(19)14-5-4-10-18(14)11-12-6-8-13(17)9-7-12/h12-14H,4-11H2,1-3H3. The number of halogens is 1. The summed E-state index contributed by atoms with van der Waals surface area (Å²) >= 11 is 6.16. The molecule has 116 valence electrons. The molecule has 0 bridgehead atoms. The third-order valence-electron chi connectivity index (χ3n) is 4.31. The van der Waals surface area contributed by atoms with Crippen molar-refractivity contribution in [1.82, 2.24) is 4.90 Å². The highest BCUT2D eigenvalue weighted by atomic mass is 35.5. The molecule has 3 nitrogen and oxygen atoms in total. The van der Waals surface area contributed by atoms with Crippen LogP contribution in [0.3, 0.4) is 0 Å². The number of rotatable bonds is 3. The van der Waals surface area contributed by atoms with Crippen molar-refractivity contribution in [3.8, 4) is 0 Å². The number of esters is 1. The van der Waals surface area contributed by atoms with E-state index in [0.29, 0.717) is 11.3 Å². The van der Waals surface area contributed by atoms with Gasteiger partial charge in [0.2, 0.25) is 0 Å². The van der Waals surface area contributed by atoms with E-state index >= 15 is 0 Å². The number of likely N-dealkylation sites (tertiary alicyclic amines) is 1. The molecule has 1 saturated heterocycles. The number of carbonyl (C=O) groups is 1. The lowest BCUT2D eigenvalue weighted by atomic mass is 9.88. The summed E-state index contributed by atoms with van der Waals surface area (Å²) in [5.41, 5.74) is -0.387. The molecule has 1 aliphatic heterocycles. The first-order valence-corrected chi connectivity index (χ1v) is 8.40. The van der Waals surface area contributed by atoms with E-state index in [1.165, 1.54) is 12.8 Å². The molecule has 1 saturated carbocycles. The van der Waals surface area contributed by atoms with Gasteiger partial charge >= 0.3 is 5.97 Å². The van der Waals surface area contributed by atoms with Gasteiger partial charge in [-0.1, -0.05) is 0 Å². The first-order valence-electron chi connectivity index (χ1n) is 7.96. The minimum absolute atomic E-state index is 0.0250. The summed E-state index contributed by atoms with van der Waals surface area (Å²) in [6, 6.07) is -0.0250. The first kappa shape index (κ1) is 16.1. The summed E-state index contributed by atoms with van der Waals surface area (Å²) in [4.78, 5) is 14.6. The van der Waals surface area contributed by atoms with Gasteiger partial charge in [-0.2, -0.15) is 0 Å². The van der Waals surface area contributed by atoms with Crippen molar-refractivity contribution in [3.63, 3.8) is 0 Å². The quantitative estimate of drug-likeness (QED) is 0.589. The molecule has 0 aromatic carbocycles. The van der Waals surface area contributed by atoms with E-state index in [4.69, 9.17) is 16.3 Å². The van der Waals surface area contributed by atoms with Crippen molar-refractivity contribution < 1.29 is 9.53 Å². The zero-order valence-electron chi connectivity index (χ0n) is 13.0. The summed E-state index contributed by atoms with van der Waals surface area (Å²) in [6.45, 7) is 7.88. The van der Waals surface area contributed by atoms with E-state index in [0.717, 1.165) is 38.8 Å². The first-order chi connectivity index (χ1) is 9.35. The van der Waals surface area contributed by atoms with Gasteiger partial charge in [0.05, 0.1) is 0 Å². The molecule has 1 heterocycles. The minimum atomic E-state index is -0.387. The minimum Gasteiger partial charge on any atom is -0.459 e. The van der Waals surface area contributed by atoms with Crippen LogP contribution >= 0.6 is 11.6 Å². The van der Waals surface area contributed by atoms with Gasteiger partial charge < -0.3 is 4.74 Å². The Balaban J connectivity index is 1.86. The molecule has 1 aliphatic carbocycles. The van der Waals surface area contributed by atoms with Crippen molar-refractivity contribution in [2.75, 3.05) is 13.1 Å². The second kappa shape index (κ2) is 6.65. The Bertz CT molecular complexity index is 332. The lowest BCUT2D eigenvalue weighted by molar-refractivity contribution is -0.160. The molecular weight excluding hydrogens is 274 g/mol. The Kier molecular flexibility index (Phi) is 5.36. The highest BCUT2D eigenvalue weighted by molar-refractivity contribution is 6.20. The third-order valence-corrected chi connectivity index (χ3v) is 4.75. The number of carbonyl (C=O) groups excluding carboxylic acids is 1. The van der Waals surface area contributed by atoms with Crippen LogP contribution in [-0.4, -0.2) is 41.0 Å². The van der Waals surface area contributed by atoms with Gasteiger partial charge in [-0.3, -0.25) is 9.69 Å². The van der Waals surface area contributed by atoms with E-state index in [1.54, 1.807) is 0 Å². The Morgan fingerprint density at radius 3 is 2.45 bits per heavy atom. The fourth-order valence-corrected chi connectivity index (χ4v) is 3.57. The maximum absolute atomic E-state index is 12.3. The number of ether oxygens (including phenoxy) is 1. The lowest BCUT2D eigenvalue weighted by Gasteiger charge is -2.32. The second-order valence-electron chi connectivity index (χ2n) is 7.30. The fourth-order valence-electron chi connectivity index (χ4n) is 3.32. The van der Waals surface area contributed by atoms with Crippen LogP contribution in [-0.2, 0) is 9.53 Å². The SMILES string of the molecule is CC(C)(C)OC(=O)C1CCCN1CC1CCC(Cl)CC1. The highest BCUT2D eigenvalue weighted by Crippen LogP contribution is 2.30. The summed E-state index contributed by atoms with van der Waals surface area (Å²) in [6.07, 6.45) is 6.69. The van der Waals surface area contributed by atoms with Gasteiger partial charge in [0.15, 0.2) is 0 Å². The van der Waals surface area contributed by atoms with Crippen molar-refractivity contribution in [2.45, 2.75) is 76.3 Å². The van der Waals surface area contributed by atoms with E-state index in [2.05, 4.69) is 4.90 Å². The summed E-state index contributed by atoms with van der Waals surface area (Å²) < 4.78 is 5.56. The van der Waals surface area contributed by atoms with E-state index in [9.17, 15) is 4.79 Å². The van der Waals surface area contributed by atoms with Crippen molar-refractivity contribution in [3.05, 3.63) is 0 Å². The smallest absolute Gasteiger partial charge is 0.323 e. The molecule has 2 fully saturated rings. The fraction of sp³-hybridized carbons (Fsp3) is 0.938. The largest absolute Gasteiger partial charge is 0.459 e. The summed E-state index contributed by atoms with van der Waals surface area (Å²) in [7, 11) is 0. The van der Waals surface area contributed by atoms with Crippen LogP contribution in [0.2, 0.25) is 0 Å². The Morgan fingerprint density at radius 1 is 1.20 bits per heavy atom. The number of hydrogen-bond donors (Lipinski definition) is 0. The van der Waals surface area contributed by atoms with Crippen LogP contribution in [0.5, 0.6) is 0 Å². The molecule has 0 amide bonds. The molecule has 0 radical (unpaired) electrons. The molecule has 1 unspecified atom stereocenters. The average molecular weight is 302 g/mol. The Hall–Kier alpha value is -0.280. The molecule has 0 N–H and O–H groups in total. The number of alkyl halides is 1. The van der Waals surface area contributed by atoms with Crippen molar-refractivity contribution in [1.29, 1.82) is 0 Å². The molecule has 20 heavy (non-hydrogen) atoms. The van der Waals surface area contributed by atoms with Gasteiger partial charge in [0.25, 0.3) is 0 Å². The van der Waals surface area contributed by atoms with Crippen molar-refractivity contribution >= 4 is 17.6 Å². The van der Waals surface area contributed by atoms with E-state index in [1.807, 2.05) is 20.8 Å². The van der Waals surface area contributed by atoms with Crippen LogP contribution in [0, 0.1) is 5.92 Å². The molecule has 0 aromatic rings. The van der Waals surface area contributed by atoms with Gasteiger partial charge in [-0.15, -0.1) is 11.6 Å². The Labute approximate surface area is 128 Å².